The Morgan fingerprint density at radius 3 is 2.73 bits per heavy atom. The van der Waals surface area contributed by atoms with Gasteiger partial charge in [-0.05, 0) is 68.7 Å². The second-order valence-electron chi connectivity index (χ2n) is 10.9. The fourth-order valence-electron chi connectivity index (χ4n) is 8.28. The number of carbonyl (C=O) groups is 3. The number of hydrogen-bond acceptors (Lipinski definition) is 6. The summed E-state index contributed by atoms with van der Waals surface area (Å²) < 4.78 is 17.9. The summed E-state index contributed by atoms with van der Waals surface area (Å²) in [5, 5.41) is -0.418. The number of carbonyl (C=O) groups excluding carboxylic acids is 3. The summed E-state index contributed by atoms with van der Waals surface area (Å²) in [4.78, 5) is 38.3. The predicted octanol–water partition coefficient (Wildman–Crippen LogP) is 4.32. The van der Waals surface area contributed by atoms with Gasteiger partial charge in [-0.1, -0.05) is 25.5 Å². The molecule has 0 aromatic carbocycles. The Labute approximate surface area is 198 Å². The third-order valence-corrected chi connectivity index (χ3v) is 10.1. The van der Waals surface area contributed by atoms with Crippen LogP contribution in [0, 0.1) is 28.6 Å². The molecule has 1 spiro atoms. The molecule has 1 saturated heterocycles. The normalized spacial score (nSPS) is 47.0. The van der Waals surface area contributed by atoms with Crippen LogP contribution in [0.2, 0.25) is 0 Å². The average molecular weight is 469 g/mol. The number of allylic oxidation sites excluding steroid dienone is 2. The fourth-order valence-corrected chi connectivity index (χ4v) is 8.80. The van der Waals surface area contributed by atoms with Gasteiger partial charge in [0.05, 0.1) is 12.4 Å². The molecule has 6 rings (SSSR count). The molecular weight excluding hydrogens is 440 g/mol. The second kappa shape index (κ2) is 6.51. The Balaban J connectivity index is 1.42. The number of rotatable bonds is 3. The van der Waals surface area contributed by atoms with Crippen molar-refractivity contribution < 1.29 is 28.3 Å². The van der Waals surface area contributed by atoms with Gasteiger partial charge in [0, 0.05) is 16.7 Å². The molecule has 33 heavy (non-hydrogen) atoms. The predicted molar refractivity (Wildman–Crippen MR) is 122 cm³/mol. The molecule has 1 aliphatic heterocycles. The van der Waals surface area contributed by atoms with Crippen molar-refractivity contribution in [2.45, 2.75) is 63.8 Å². The molecule has 5 aliphatic rings. The van der Waals surface area contributed by atoms with Gasteiger partial charge < -0.3 is 13.9 Å². The van der Waals surface area contributed by atoms with E-state index in [1.807, 2.05) is 13.0 Å². The zero-order chi connectivity index (χ0) is 23.4. The summed E-state index contributed by atoms with van der Waals surface area (Å²) in [6.07, 6.45) is 9.87. The van der Waals surface area contributed by atoms with E-state index < -0.39 is 22.1 Å². The van der Waals surface area contributed by atoms with E-state index in [1.165, 1.54) is 6.26 Å². The standard InChI is InChI=1S/C26H28O6S/c1-14-11-18-17-7-6-15-12-16(27)8-9-23(15,2)26(17)20(31-26)13-24(18,3)25(14,22(29)33)32-21(28)19-5-4-10-30-19/h4-5,8-10,12,14,17-18,20H,6-7,11,13H2,1-3H3,(H,29,33)/t14-,17+,18+,20?,23+,24+,25+,26+/m1/s1. The molecule has 174 valence electrons. The highest BCUT2D eigenvalue weighted by molar-refractivity contribution is 7.96. The maximum Gasteiger partial charge on any atom is 0.375 e. The molecule has 2 heterocycles. The molecule has 8 atom stereocenters. The Morgan fingerprint density at radius 1 is 1.24 bits per heavy atom. The van der Waals surface area contributed by atoms with Crippen LogP contribution >= 0.6 is 12.6 Å². The van der Waals surface area contributed by atoms with Crippen molar-refractivity contribution >= 4 is 29.5 Å². The monoisotopic (exact) mass is 468 g/mol. The average Bonchev–Trinajstić information content (AvgIpc) is 3.14. The molecule has 1 aromatic rings. The van der Waals surface area contributed by atoms with Gasteiger partial charge in [0.15, 0.2) is 11.4 Å². The highest BCUT2D eigenvalue weighted by atomic mass is 32.1. The summed E-state index contributed by atoms with van der Waals surface area (Å²) in [6.45, 7) is 6.24. The highest BCUT2D eigenvalue weighted by Gasteiger charge is 2.82. The second-order valence-corrected chi connectivity index (χ2v) is 11.3. The van der Waals surface area contributed by atoms with Crippen LogP contribution in [0.4, 0.5) is 0 Å². The third kappa shape index (κ3) is 2.38. The van der Waals surface area contributed by atoms with Gasteiger partial charge in [-0.15, -0.1) is 12.6 Å². The maximum absolute atomic E-state index is 13.2. The molecule has 3 saturated carbocycles. The van der Waals surface area contributed by atoms with Gasteiger partial charge in [-0.3, -0.25) is 9.59 Å². The minimum Gasteiger partial charge on any atom is -0.457 e. The van der Waals surface area contributed by atoms with Crippen LogP contribution in [-0.4, -0.2) is 34.2 Å². The molecule has 6 nitrogen and oxygen atoms in total. The van der Waals surface area contributed by atoms with E-state index in [1.54, 1.807) is 24.3 Å². The quantitative estimate of drug-likeness (QED) is 0.404. The van der Waals surface area contributed by atoms with Gasteiger partial charge in [-0.2, -0.15) is 0 Å². The van der Waals surface area contributed by atoms with Gasteiger partial charge >= 0.3 is 5.97 Å². The van der Waals surface area contributed by atoms with E-state index in [-0.39, 0.29) is 46.4 Å². The van der Waals surface area contributed by atoms with Crippen LogP contribution in [0.3, 0.4) is 0 Å². The molecule has 0 radical (unpaired) electrons. The maximum atomic E-state index is 13.2. The van der Waals surface area contributed by atoms with Crippen LogP contribution in [-0.2, 0) is 19.1 Å². The lowest BCUT2D eigenvalue weighted by molar-refractivity contribution is -0.155. The van der Waals surface area contributed by atoms with Gasteiger partial charge in [0.25, 0.3) is 0 Å². The summed E-state index contributed by atoms with van der Waals surface area (Å²) >= 11 is 4.30. The first-order chi connectivity index (χ1) is 15.6. The summed E-state index contributed by atoms with van der Waals surface area (Å²) in [6, 6.07) is 3.17. The first-order valence-electron chi connectivity index (χ1n) is 11.7. The lowest BCUT2D eigenvalue weighted by Gasteiger charge is -2.55. The lowest BCUT2D eigenvalue weighted by Crippen LogP contribution is -2.62. The molecule has 4 fully saturated rings. The summed E-state index contributed by atoms with van der Waals surface area (Å²) in [7, 11) is 0. The fraction of sp³-hybridized carbons (Fsp3) is 0.577. The van der Waals surface area contributed by atoms with Crippen molar-refractivity contribution in [2.75, 3.05) is 0 Å². The van der Waals surface area contributed by atoms with E-state index in [4.69, 9.17) is 13.9 Å². The molecule has 1 aromatic heterocycles. The molecule has 4 aliphatic carbocycles. The molecule has 7 heteroatoms. The third-order valence-electron chi connectivity index (χ3n) is 9.77. The summed E-state index contributed by atoms with van der Waals surface area (Å²) in [5.74, 6) is -0.405. The highest BCUT2D eigenvalue weighted by Crippen LogP contribution is 2.77. The smallest absolute Gasteiger partial charge is 0.375 e. The first-order valence-corrected chi connectivity index (χ1v) is 12.2. The van der Waals surface area contributed by atoms with Gasteiger partial charge in [0.1, 0.15) is 5.60 Å². The van der Waals surface area contributed by atoms with E-state index in [0.29, 0.717) is 6.42 Å². The minimum absolute atomic E-state index is 0.0363. The molecule has 0 N–H and O–H groups in total. The van der Waals surface area contributed by atoms with Crippen molar-refractivity contribution in [1.29, 1.82) is 0 Å². The molecule has 0 bridgehead atoms. The van der Waals surface area contributed by atoms with Crippen molar-refractivity contribution in [1.82, 2.24) is 0 Å². The number of thiol groups is 1. The number of ketones is 1. The van der Waals surface area contributed by atoms with Gasteiger partial charge in [0.2, 0.25) is 10.9 Å². The van der Waals surface area contributed by atoms with Crippen molar-refractivity contribution in [3.05, 3.63) is 48.0 Å². The van der Waals surface area contributed by atoms with Crippen molar-refractivity contribution in [2.24, 2.45) is 28.6 Å². The van der Waals surface area contributed by atoms with Gasteiger partial charge in [-0.25, -0.2) is 4.79 Å². The summed E-state index contributed by atoms with van der Waals surface area (Å²) in [5.41, 5.74) is -1.55. The number of esters is 1. The van der Waals surface area contributed by atoms with E-state index in [9.17, 15) is 14.4 Å². The Morgan fingerprint density at radius 2 is 2.03 bits per heavy atom. The van der Waals surface area contributed by atoms with Crippen LogP contribution in [0.25, 0.3) is 0 Å². The van der Waals surface area contributed by atoms with Crippen LogP contribution in [0.15, 0.2) is 46.6 Å². The Hall–Kier alpha value is -2.12. The lowest BCUT2D eigenvalue weighted by atomic mass is 9.47. The SMILES string of the molecule is C[C@@H]1C[C@H]2[C@@H]3CCC4=CC(=O)C=C[C@]4(C)[C@]34OC4C[C@]2(C)[C@@]1(OC(=O)c1ccco1)C(=O)S. The van der Waals surface area contributed by atoms with Crippen LogP contribution in [0.5, 0.6) is 0 Å². The van der Waals surface area contributed by atoms with E-state index in [0.717, 1.165) is 24.8 Å². The molecular formula is C26H28O6S. The number of epoxide rings is 1. The van der Waals surface area contributed by atoms with Crippen LogP contribution < -0.4 is 0 Å². The largest absolute Gasteiger partial charge is 0.457 e. The zero-order valence-electron chi connectivity index (χ0n) is 19.0. The number of ether oxygens (including phenoxy) is 2. The Bertz CT molecular complexity index is 1140. The molecule has 0 amide bonds. The zero-order valence-corrected chi connectivity index (χ0v) is 19.9. The van der Waals surface area contributed by atoms with Crippen LogP contribution in [0.1, 0.15) is 57.0 Å². The van der Waals surface area contributed by atoms with E-state index >= 15 is 0 Å². The first kappa shape index (κ1) is 21.4. The number of hydrogen-bond donors (Lipinski definition) is 1. The number of furan rings is 1. The Kier molecular flexibility index (Phi) is 4.22. The molecule has 1 unspecified atom stereocenters. The van der Waals surface area contributed by atoms with Crippen molar-refractivity contribution in [3.63, 3.8) is 0 Å². The topological polar surface area (TPSA) is 86.1 Å². The van der Waals surface area contributed by atoms with E-state index in [2.05, 4.69) is 26.5 Å². The van der Waals surface area contributed by atoms with Crippen molar-refractivity contribution in [3.8, 4) is 0 Å². The minimum atomic E-state index is -1.36. The number of fused-ring (bicyclic) bond motifs is 3.